The molecular weight excluding hydrogens is 602 g/mol. The number of hydrogen-bond donors (Lipinski definition) is 10. The van der Waals surface area contributed by atoms with Crippen LogP contribution in [0.5, 0.6) is 0 Å². The molecule has 0 spiro atoms. The zero-order chi connectivity index (χ0) is 35.6. The molecule has 264 valence electrons. The number of nitrogens with one attached hydrogen (secondary N) is 5. The van der Waals surface area contributed by atoms with Gasteiger partial charge in [-0.15, -0.1) is 0 Å². The molecule has 0 bridgehead atoms. The summed E-state index contributed by atoms with van der Waals surface area (Å²) in [5, 5.41) is 30.9. The SMILES string of the molecule is CC[C@H](C)[C@H](NC(=O)CNC(=O)[C@H](CCCN=C(N)N)NC(=O)[C@@H](N)CC(C)C)C(=O)N[C@@H](CC(C)C)C(=O)N[C@@H](CO)C(=O)O. The van der Waals surface area contributed by atoms with Crippen molar-refractivity contribution in [3.8, 4) is 0 Å². The molecule has 6 atom stereocenters. The van der Waals surface area contributed by atoms with E-state index in [1.165, 1.54) is 0 Å². The van der Waals surface area contributed by atoms with Crippen LogP contribution in [0.4, 0.5) is 0 Å². The highest BCUT2D eigenvalue weighted by Crippen LogP contribution is 2.11. The Bertz CT molecular complexity index is 1050. The first-order valence-electron chi connectivity index (χ1n) is 15.6. The Morgan fingerprint density at radius 3 is 1.83 bits per heavy atom. The van der Waals surface area contributed by atoms with Gasteiger partial charge in [-0.2, -0.15) is 0 Å². The fourth-order valence-electron chi connectivity index (χ4n) is 4.31. The lowest BCUT2D eigenvalue weighted by molar-refractivity contribution is -0.143. The van der Waals surface area contributed by atoms with Gasteiger partial charge < -0.3 is 54.0 Å². The average Bonchev–Trinajstić information content (AvgIpc) is 2.96. The topological polar surface area (TPSA) is 293 Å². The minimum absolute atomic E-state index is 0.0758. The summed E-state index contributed by atoms with van der Waals surface area (Å²) in [5.74, 6) is -5.25. The van der Waals surface area contributed by atoms with E-state index in [0.717, 1.165) is 0 Å². The Balaban J connectivity index is 5.62. The second-order valence-electron chi connectivity index (χ2n) is 12.2. The van der Waals surface area contributed by atoms with Crippen LogP contribution >= 0.6 is 0 Å². The van der Waals surface area contributed by atoms with Gasteiger partial charge >= 0.3 is 5.97 Å². The molecule has 0 radical (unpaired) electrons. The van der Waals surface area contributed by atoms with Crippen molar-refractivity contribution < 1.29 is 39.0 Å². The number of carbonyl (C=O) groups is 6. The van der Waals surface area contributed by atoms with Crippen LogP contribution in [0.25, 0.3) is 0 Å². The minimum atomic E-state index is -1.56. The van der Waals surface area contributed by atoms with Crippen molar-refractivity contribution in [2.75, 3.05) is 19.7 Å². The van der Waals surface area contributed by atoms with Crippen molar-refractivity contribution >= 4 is 41.5 Å². The zero-order valence-corrected chi connectivity index (χ0v) is 27.8. The molecule has 0 aromatic heterocycles. The standard InChI is InChI=1S/C29H55N9O8/c1-7-17(6)23(27(44)36-20(12-16(4)5)26(43)37-21(14-39)28(45)46)38-22(40)13-34-25(42)19(9-8-10-33-29(31)32)35-24(41)18(30)11-15(2)3/h15-21,23,39H,7-14,30H2,1-6H3,(H,34,42)(H,35,41)(H,36,44)(H,37,43)(H,38,40)(H,45,46)(H4,31,32,33)/t17-,18-,19-,20-,21-,23-/m0/s1. The highest BCUT2D eigenvalue weighted by molar-refractivity contribution is 5.95. The van der Waals surface area contributed by atoms with Crippen molar-refractivity contribution in [2.45, 2.75) is 104 Å². The van der Waals surface area contributed by atoms with Crippen molar-refractivity contribution in [3.05, 3.63) is 0 Å². The fraction of sp³-hybridized carbons (Fsp3) is 0.759. The van der Waals surface area contributed by atoms with E-state index in [4.69, 9.17) is 17.2 Å². The number of guanidine groups is 1. The monoisotopic (exact) mass is 657 g/mol. The van der Waals surface area contributed by atoms with Crippen molar-refractivity contribution in [2.24, 2.45) is 39.9 Å². The van der Waals surface area contributed by atoms with Crippen LogP contribution in [0, 0.1) is 17.8 Å². The Hall–Kier alpha value is -3.99. The van der Waals surface area contributed by atoms with E-state index in [0.29, 0.717) is 19.3 Å². The second-order valence-corrected chi connectivity index (χ2v) is 12.2. The first kappa shape index (κ1) is 42.0. The molecule has 0 fully saturated rings. The predicted molar refractivity (Wildman–Crippen MR) is 172 cm³/mol. The van der Waals surface area contributed by atoms with E-state index in [1.807, 2.05) is 13.8 Å². The second kappa shape index (κ2) is 21.7. The third-order valence-electron chi connectivity index (χ3n) is 7.01. The van der Waals surface area contributed by atoms with Gasteiger partial charge in [0.1, 0.15) is 24.2 Å². The maximum atomic E-state index is 13.3. The molecule has 13 N–H and O–H groups in total. The molecule has 0 aliphatic carbocycles. The van der Waals surface area contributed by atoms with Crippen molar-refractivity contribution in [1.82, 2.24) is 26.6 Å². The fourth-order valence-corrected chi connectivity index (χ4v) is 4.31. The number of aliphatic hydroxyl groups is 1. The highest BCUT2D eigenvalue weighted by atomic mass is 16.4. The largest absolute Gasteiger partial charge is 0.480 e. The number of amides is 5. The van der Waals surface area contributed by atoms with Gasteiger partial charge in [0.2, 0.25) is 29.5 Å². The molecule has 0 saturated carbocycles. The van der Waals surface area contributed by atoms with Gasteiger partial charge in [-0.3, -0.25) is 29.0 Å². The molecule has 17 heteroatoms. The maximum Gasteiger partial charge on any atom is 0.328 e. The number of aliphatic carboxylic acids is 1. The van der Waals surface area contributed by atoms with Crippen LogP contribution in [0.3, 0.4) is 0 Å². The van der Waals surface area contributed by atoms with Crippen LogP contribution in [-0.4, -0.2) is 102 Å². The molecular formula is C29H55N9O8. The lowest BCUT2D eigenvalue weighted by Crippen LogP contribution is -2.58. The number of nitrogens with zero attached hydrogens (tertiary/aromatic N) is 1. The van der Waals surface area contributed by atoms with Crippen molar-refractivity contribution in [1.29, 1.82) is 0 Å². The predicted octanol–water partition coefficient (Wildman–Crippen LogP) is -2.36. The Labute approximate surface area is 270 Å². The summed E-state index contributed by atoms with van der Waals surface area (Å²) in [6.45, 7) is 9.78. The van der Waals surface area contributed by atoms with E-state index in [9.17, 15) is 39.0 Å². The highest BCUT2D eigenvalue weighted by Gasteiger charge is 2.32. The van der Waals surface area contributed by atoms with Gasteiger partial charge in [0.15, 0.2) is 5.96 Å². The van der Waals surface area contributed by atoms with Crippen molar-refractivity contribution in [3.63, 3.8) is 0 Å². The third kappa shape index (κ3) is 16.9. The molecule has 5 amide bonds. The average molecular weight is 658 g/mol. The summed E-state index contributed by atoms with van der Waals surface area (Å²) >= 11 is 0. The maximum absolute atomic E-state index is 13.3. The number of aliphatic imine (C=N–C) groups is 1. The molecule has 0 unspecified atom stereocenters. The Kier molecular flexibility index (Phi) is 19.8. The van der Waals surface area contributed by atoms with E-state index in [1.54, 1.807) is 27.7 Å². The number of carboxylic acid groups (broad SMARTS) is 1. The summed E-state index contributed by atoms with van der Waals surface area (Å²) in [5.41, 5.74) is 16.7. The molecule has 17 nitrogen and oxygen atoms in total. The van der Waals surface area contributed by atoms with Gasteiger partial charge in [-0.1, -0.05) is 48.0 Å². The van der Waals surface area contributed by atoms with E-state index < -0.39 is 84.8 Å². The summed E-state index contributed by atoms with van der Waals surface area (Å²) in [6.07, 6.45) is 1.52. The van der Waals surface area contributed by atoms with Gasteiger partial charge in [0.05, 0.1) is 19.2 Å². The number of rotatable bonds is 22. The normalized spacial score (nSPS) is 15.0. The lowest BCUT2D eigenvalue weighted by atomic mass is 9.96. The number of carboxylic acids is 1. The lowest BCUT2D eigenvalue weighted by Gasteiger charge is -2.28. The molecule has 0 aromatic carbocycles. The summed E-state index contributed by atoms with van der Waals surface area (Å²) < 4.78 is 0. The molecule has 0 saturated heterocycles. The van der Waals surface area contributed by atoms with Crippen LogP contribution in [0.2, 0.25) is 0 Å². The van der Waals surface area contributed by atoms with Crippen LogP contribution in [0.15, 0.2) is 4.99 Å². The molecule has 0 rings (SSSR count). The Morgan fingerprint density at radius 2 is 1.33 bits per heavy atom. The summed E-state index contributed by atoms with van der Waals surface area (Å²) in [4.78, 5) is 79.9. The van der Waals surface area contributed by atoms with E-state index >= 15 is 0 Å². The summed E-state index contributed by atoms with van der Waals surface area (Å²) in [7, 11) is 0. The number of hydrogen-bond acceptors (Lipinski definition) is 9. The third-order valence-corrected chi connectivity index (χ3v) is 7.01. The van der Waals surface area contributed by atoms with Crippen LogP contribution in [0.1, 0.15) is 73.6 Å². The number of nitrogens with two attached hydrogens (primary N) is 3. The molecule has 0 aromatic rings. The van der Waals surface area contributed by atoms with Gasteiger partial charge in [-0.25, -0.2) is 4.79 Å². The number of carbonyl (C=O) groups excluding carboxylic acids is 5. The smallest absolute Gasteiger partial charge is 0.328 e. The first-order chi connectivity index (χ1) is 21.4. The quantitative estimate of drug-likeness (QED) is 0.0334. The first-order valence-corrected chi connectivity index (χ1v) is 15.6. The molecule has 0 aliphatic rings. The van der Waals surface area contributed by atoms with Crippen LogP contribution < -0.4 is 43.8 Å². The zero-order valence-electron chi connectivity index (χ0n) is 27.8. The number of aliphatic hydroxyl groups excluding tert-OH is 1. The minimum Gasteiger partial charge on any atom is -0.480 e. The van der Waals surface area contributed by atoms with Gasteiger partial charge in [0, 0.05) is 6.54 Å². The summed E-state index contributed by atoms with van der Waals surface area (Å²) in [6, 6.07) is -5.68. The molecule has 0 aliphatic heterocycles. The molecule has 46 heavy (non-hydrogen) atoms. The van der Waals surface area contributed by atoms with Crippen LogP contribution in [-0.2, 0) is 28.8 Å². The Morgan fingerprint density at radius 1 is 0.761 bits per heavy atom. The van der Waals surface area contributed by atoms with Gasteiger partial charge in [-0.05, 0) is 43.4 Å². The van der Waals surface area contributed by atoms with E-state index in [-0.39, 0.29) is 37.2 Å². The molecule has 0 heterocycles. The van der Waals surface area contributed by atoms with Gasteiger partial charge in [0.25, 0.3) is 0 Å². The van der Waals surface area contributed by atoms with E-state index in [2.05, 4.69) is 31.6 Å².